The summed E-state index contributed by atoms with van der Waals surface area (Å²) in [6, 6.07) is 6.36. The molecule has 2 rings (SSSR count). The summed E-state index contributed by atoms with van der Waals surface area (Å²) < 4.78 is 0. The van der Waals surface area contributed by atoms with Gasteiger partial charge in [0.15, 0.2) is 0 Å². The highest BCUT2D eigenvalue weighted by Gasteiger charge is 2.16. The van der Waals surface area contributed by atoms with E-state index in [1.165, 1.54) is 37.2 Å². The molecule has 0 radical (unpaired) electrons. The minimum absolute atomic E-state index is 0.816. The lowest BCUT2D eigenvalue weighted by molar-refractivity contribution is 0.447. The van der Waals surface area contributed by atoms with Gasteiger partial charge in [-0.1, -0.05) is 6.92 Å². The first-order valence-electron chi connectivity index (χ1n) is 5.78. The third-order valence-corrected chi connectivity index (χ3v) is 3.28. The molecular weight excluding hydrogens is 184 g/mol. The Labute approximate surface area is 92.1 Å². The maximum absolute atomic E-state index is 5.83. The van der Waals surface area contributed by atoms with Crippen molar-refractivity contribution in [2.75, 3.05) is 23.7 Å². The van der Waals surface area contributed by atoms with Gasteiger partial charge < -0.3 is 10.6 Å². The van der Waals surface area contributed by atoms with Gasteiger partial charge in [0.2, 0.25) is 0 Å². The molecule has 1 aliphatic heterocycles. The van der Waals surface area contributed by atoms with Crippen LogP contribution in [-0.4, -0.2) is 13.1 Å². The van der Waals surface area contributed by atoms with E-state index in [4.69, 9.17) is 5.73 Å². The first-order chi connectivity index (χ1) is 7.16. The highest BCUT2D eigenvalue weighted by atomic mass is 15.1. The van der Waals surface area contributed by atoms with E-state index in [0.29, 0.717) is 0 Å². The first-order valence-corrected chi connectivity index (χ1v) is 5.78. The van der Waals surface area contributed by atoms with Crippen molar-refractivity contribution in [2.45, 2.75) is 26.7 Å². The number of nitrogen functional groups attached to an aromatic ring is 1. The average Bonchev–Trinajstić information content (AvgIpc) is 2.22. The van der Waals surface area contributed by atoms with Crippen LogP contribution in [0.2, 0.25) is 0 Å². The molecule has 1 aromatic rings. The van der Waals surface area contributed by atoms with E-state index in [-0.39, 0.29) is 0 Å². The summed E-state index contributed by atoms with van der Waals surface area (Å²) in [5, 5.41) is 0. The monoisotopic (exact) mass is 204 g/mol. The lowest BCUT2D eigenvalue weighted by atomic mass is 9.99. The molecule has 1 heterocycles. The lowest BCUT2D eigenvalue weighted by Crippen LogP contribution is -2.34. The largest absolute Gasteiger partial charge is 0.399 e. The molecule has 82 valence electrons. The number of rotatable bonds is 1. The predicted octanol–water partition coefficient (Wildman–Crippen LogP) is 2.81. The van der Waals surface area contributed by atoms with Gasteiger partial charge in [0.1, 0.15) is 0 Å². The molecule has 1 atom stereocenters. The van der Waals surface area contributed by atoms with E-state index in [1.807, 2.05) is 6.07 Å². The molecule has 0 aliphatic carbocycles. The lowest BCUT2D eigenvalue weighted by Gasteiger charge is -2.33. The van der Waals surface area contributed by atoms with Crippen LogP contribution in [0.15, 0.2) is 18.2 Å². The number of hydrogen-bond acceptors (Lipinski definition) is 2. The van der Waals surface area contributed by atoms with Crippen LogP contribution in [0, 0.1) is 12.8 Å². The van der Waals surface area contributed by atoms with Gasteiger partial charge in [-0.05, 0) is 49.4 Å². The maximum Gasteiger partial charge on any atom is 0.0370 e. The molecule has 1 unspecified atom stereocenters. The molecule has 0 saturated carbocycles. The number of benzene rings is 1. The number of hydrogen-bond donors (Lipinski definition) is 1. The summed E-state index contributed by atoms with van der Waals surface area (Å²) in [4.78, 5) is 2.47. The van der Waals surface area contributed by atoms with Gasteiger partial charge in [0.25, 0.3) is 0 Å². The van der Waals surface area contributed by atoms with Crippen molar-refractivity contribution in [3.63, 3.8) is 0 Å². The number of anilines is 2. The van der Waals surface area contributed by atoms with Gasteiger partial charge in [-0.2, -0.15) is 0 Å². The Morgan fingerprint density at radius 3 is 2.87 bits per heavy atom. The van der Waals surface area contributed by atoms with Crippen LogP contribution in [0.3, 0.4) is 0 Å². The summed E-state index contributed by atoms with van der Waals surface area (Å²) in [6.45, 7) is 6.78. The third kappa shape index (κ3) is 2.25. The second kappa shape index (κ2) is 4.13. The molecule has 2 heteroatoms. The molecule has 1 fully saturated rings. The highest BCUT2D eigenvalue weighted by molar-refractivity contribution is 5.58. The minimum Gasteiger partial charge on any atom is -0.399 e. The summed E-state index contributed by atoms with van der Waals surface area (Å²) in [7, 11) is 0. The van der Waals surface area contributed by atoms with Crippen molar-refractivity contribution in [1.82, 2.24) is 0 Å². The summed E-state index contributed by atoms with van der Waals surface area (Å²) in [6.07, 6.45) is 2.68. The van der Waals surface area contributed by atoms with E-state index in [2.05, 4.69) is 30.9 Å². The van der Waals surface area contributed by atoms with Crippen molar-refractivity contribution in [3.8, 4) is 0 Å². The second-order valence-electron chi connectivity index (χ2n) is 4.73. The van der Waals surface area contributed by atoms with Crippen LogP contribution in [0.4, 0.5) is 11.4 Å². The molecule has 0 aromatic heterocycles. The van der Waals surface area contributed by atoms with E-state index in [9.17, 15) is 0 Å². The molecule has 1 aromatic carbocycles. The van der Waals surface area contributed by atoms with Crippen molar-refractivity contribution in [1.29, 1.82) is 0 Å². The number of piperidine rings is 1. The molecule has 2 nitrogen and oxygen atoms in total. The number of nitrogens with two attached hydrogens (primary N) is 1. The van der Waals surface area contributed by atoms with Crippen molar-refractivity contribution < 1.29 is 0 Å². The van der Waals surface area contributed by atoms with Crippen molar-refractivity contribution in [2.24, 2.45) is 5.92 Å². The van der Waals surface area contributed by atoms with Crippen molar-refractivity contribution in [3.05, 3.63) is 23.8 Å². The fraction of sp³-hybridized carbons (Fsp3) is 0.538. The van der Waals surface area contributed by atoms with E-state index in [1.54, 1.807) is 0 Å². The fourth-order valence-electron chi connectivity index (χ4n) is 2.28. The van der Waals surface area contributed by atoms with Gasteiger partial charge >= 0.3 is 0 Å². The van der Waals surface area contributed by atoms with Gasteiger partial charge in [0.05, 0.1) is 0 Å². The van der Waals surface area contributed by atoms with Crippen LogP contribution in [0.5, 0.6) is 0 Å². The zero-order chi connectivity index (χ0) is 10.8. The quantitative estimate of drug-likeness (QED) is 0.713. The number of aryl methyl sites for hydroxylation is 1. The summed E-state index contributed by atoms with van der Waals surface area (Å²) in [5.41, 5.74) is 9.23. The SMILES string of the molecule is Cc1cc(N2CCCC(C)C2)ccc1N. The average molecular weight is 204 g/mol. The smallest absolute Gasteiger partial charge is 0.0370 e. The Morgan fingerprint density at radius 2 is 2.20 bits per heavy atom. The van der Waals surface area contributed by atoms with Crippen LogP contribution < -0.4 is 10.6 Å². The van der Waals surface area contributed by atoms with Crippen LogP contribution in [0.1, 0.15) is 25.3 Å². The van der Waals surface area contributed by atoms with E-state index < -0.39 is 0 Å². The van der Waals surface area contributed by atoms with Crippen molar-refractivity contribution >= 4 is 11.4 Å². The third-order valence-electron chi connectivity index (χ3n) is 3.28. The topological polar surface area (TPSA) is 29.3 Å². The van der Waals surface area contributed by atoms with Crippen LogP contribution >= 0.6 is 0 Å². The molecule has 0 bridgehead atoms. The second-order valence-corrected chi connectivity index (χ2v) is 4.73. The molecule has 15 heavy (non-hydrogen) atoms. The Hall–Kier alpha value is -1.18. The van der Waals surface area contributed by atoms with Crippen LogP contribution in [0.25, 0.3) is 0 Å². The van der Waals surface area contributed by atoms with Gasteiger partial charge in [-0.3, -0.25) is 0 Å². The fourth-order valence-corrected chi connectivity index (χ4v) is 2.28. The molecule has 2 N–H and O–H groups in total. The standard InChI is InChI=1S/C13H20N2/c1-10-4-3-7-15(9-10)12-5-6-13(14)11(2)8-12/h5-6,8,10H,3-4,7,9,14H2,1-2H3. The van der Waals surface area contributed by atoms with Gasteiger partial charge in [0, 0.05) is 24.5 Å². The van der Waals surface area contributed by atoms with Crippen LogP contribution in [-0.2, 0) is 0 Å². The molecule has 0 spiro atoms. The Kier molecular flexibility index (Phi) is 2.85. The molecule has 1 saturated heterocycles. The molecule has 1 aliphatic rings. The summed E-state index contributed by atoms with van der Waals surface area (Å²) >= 11 is 0. The number of nitrogens with zero attached hydrogens (tertiary/aromatic N) is 1. The highest BCUT2D eigenvalue weighted by Crippen LogP contribution is 2.25. The summed E-state index contributed by atoms with van der Waals surface area (Å²) in [5.74, 6) is 0.816. The van der Waals surface area contributed by atoms with Gasteiger partial charge in [-0.15, -0.1) is 0 Å². The normalized spacial score (nSPS) is 21.7. The van der Waals surface area contributed by atoms with Gasteiger partial charge in [-0.25, -0.2) is 0 Å². The molecule has 0 amide bonds. The Bertz CT molecular complexity index is 346. The predicted molar refractivity (Wildman–Crippen MR) is 66.2 cm³/mol. The van der Waals surface area contributed by atoms with E-state index in [0.717, 1.165) is 11.6 Å². The Balaban J connectivity index is 2.18. The zero-order valence-electron chi connectivity index (χ0n) is 9.66. The molecular formula is C13H20N2. The zero-order valence-corrected chi connectivity index (χ0v) is 9.66. The first kappa shape index (κ1) is 10.3. The Morgan fingerprint density at radius 1 is 1.40 bits per heavy atom. The van der Waals surface area contributed by atoms with E-state index >= 15 is 0 Å². The maximum atomic E-state index is 5.83. The minimum atomic E-state index is 0.816.